The van der Waals surface area contributed by atoms with Crippen LogP contribution in [-0.2, 0) is 22.6 Å². The topological polar surface area (TPSA) is 69.7 Å². The van der Waals surface area contributed by atoms with Crippen molar-refractivity contribution >= 4 is 17.7 Å². The molecule has 3 heterocycles. The average Bonchev–Trinajstić information content (AvgIpc) is 3.09. The van der Waals surface area contributed by atoms with Crippen molar-refractivity contribution in [1.29, 1.82) is 0 Å². The fourth-order valence-corrected chi connectivity index (χ4v) is 5.40. The van der Waals surface area contributed by atoms with Gasteiger partial charge in [-0.1, -0.05) is 42.5 Å². The number of rotatable bonds is 5. The van der Waals surface area contributed by atoms with Crippen LogP contribution in [0.2, 0.25) is 0 Å². The number of fused-ring (bicyclic) bond motifs is 1. The predicted octanol–water partition coefficient (Wildman–Crippen LogP) is 2.87. The first-order valence-electron chi connectivity index (χ1n) is 11.4. The summed E-state index contributed by atoms with van der Waals surface area (Å²) in [5.74, 6) is -0.333. The van der Waals surface area contributed by atoms with Gasteiger partial charge in [-0.3, -0.25) is 24.6 Å². The molecule has 3 aliphatic rings. The maximum Gasteiger partial charge on any atom is 0.255 e. The molecule has 2 aromatic rings. The zero-order valence-electron chi connectivity index (χ0n) is 18.6. The Balaban J connectivity index is 1.27. The van der Waals surface area contributed by atoms with E-state index >= 15 is 0 Å². The quantitative estimate of drug-likeness (QED) is 0.739. The van der Waals surface area contributed by atoms with Crippen LogP contribution >= 0.6 is 0 Å². The Hall–Kier alpha value is -2.99. The van der Waals surface area contributed by atoms with Gasteiger partial charge in [-0.2, -0.15) is 0 Å². The minimum atomic E-state index is -0.565. The molecule has 2 aromatic carbocycles. The highest BCUT2D eigenvalue weighted by Crippen LogP contribution is 2.44. The molecule has 6 nitrogen and oxygen atoms in total. The number of hydrogen-bond acceptors (Lipinski definition) is 4. The van der Waals surface area contributed by atoms with Gasteiger partial charge in [0.05, 0.1) is 0 Å². The van der Waals surface area contributed by atoms with Gasteiger partial charge in [0.15, 0.2) is 0 Å². The van der Waals surface area contributed by atoms with Gasteiger partial charge in [0.25, 0.3) is 5.91 Å². The summed E-state index contributed by atoms with van der Waals surface area (Å²) in [5.41, 5.74) is 4.32. The number of benzene rings is 2. The first kappa shape index (κ1) is 20.9. The van der Waals surface area contributed by atoms with Crippen molar-refractivity contribution in [3.63, 3.8) is 0 Å². The van der Waals surface area contributed by atoms with Crippen molar-refractivity contribution in [3.05, 3.63) is 70.8 Å². The lowest BCUT2D eigenvalue weighted by atomic mass is 9.72. The molecule has 2 atom stereocenters. The lowest BCUT2D eigenvalue weighted by Crippen LogP contribution is -2.62. The van der Waals surface area contributed by atoms with Gasteiger partial charge in [0.1, 0.15) is 6.04 Å². The lowest BCUT2D eigenvalue weighted by molar-refractivity contribution is -0.136. The van der Waals surface area contributed by atoms with Gasteiger partial charge in [0.2, 0.25) is 11.8 Å². The predicted molar refractivity (Wildman–Crippen MR) is 121 cm³/mol. The molecule has 6 heteroatoms. The van der Waals surface area contributed by atoms with Crippen LogP contribution < -0.4 is 5.32 Å². The summed E-state index contributed by atoms with van der Waals surface area (Å²) < 4.78 is 0. The number of piperidine rings is 1. The first-order valence-corrected chi connectivity index (χ1v) is 11.4. The third-order valence-corrected chi connectivity index (χ3v) is 7.53. The molecule has 0 aromatic heterocycles. The zero-order chi connectivity index (χ0) is 22.5. The van der Waals surface area contributed by atoms with Crippen molar-refractivity contribution in [2.75, 3.05) is 13.1 Å². The van der Waals surface area contributed by atoms with Crippen molar-refractivity contribution in [3.8, 4) is 0 Å². The van der Waals surface area contributed by atoms with E-state index in [4.69, 9.17) is 0 Å². The maximum atomic E-state index is 12.9. The van der Waals surface area contributed by atoms with Crippen LogP contribution in [0.15, 0.2) is 48.5 Å². The number of hydrogen-bond donors (Lipinski definition) is 1. The Morgan fingerprint density at radius 2 is 1.84 bits per heavy atom. The van der Waals surface area contributed by atoms with Gasteiger partial charge in [0, 0.05) is 43.1 Å². The molecule has 32 heavy (non-hydrogen) atoms. The first-order chi connectivity index (χ1) is 15.3. The summed E-state index contributed by atoms with van der Waals surface area (Å²) in [7, 11) is 0. The smallest absolute Gasteiger partial charge is 0.255 e. The Kier molecular flexibility index (Phi) is 5.13. The Morgan fingerprint density at radius 3 is 2.56 bits per heavy atom. The van der Waals surface area contributed by atoms with Crippen LogP contribution in [0.3, 0.4) is 0 Å². The van der Waals surface area contributed by atoms with Gasteiger partial charge in [-0.25, -0.2) is 0 Å². The summed E-state index contributed by atoms with van der Waals surface area (Å²) in [5, 5.41) is 2.36. The Labute approximate surface area is 188 Å². The normalized spacial score (nSPS) is 24.8. The standard InChI is InChI=1S/C26H29N3O3/c1-26(2)21(16-28(26)13-12-17-6-4-3-5-7-17)18-8-9-20-19(14-18)15-29(25(20)32)22-10-11-23(30)27-24(22)31/h3-9,14,21-22H,10-13,15-16H2,1-2H3,(H,27,30,31). The van der Waals surface area contributed by atoms with Gasteiger partial charge >= 0.3 is 0 Å². The highest BCUT2D eigenvalue weighted by atomic mass is 16.2. The second-order valence-corrected chi connectivity index (χ2v) is 9.70. The van der Waals surface area contributed by atoms with Gasteiger partial charge < -0.3 is 4.90 Å². The van der Waals surface area contributed by atoms with Crippen LogP contribution in [0.4, 0.5) is 0 Å². The van der Waals surface area contributed by atoms with E-state index in [-0.39, 0.29) is 29.7 Å². The largest absolute Gasteiger partial charge is 0.322 e. The number of carbonyl (C=O) groups excluding carboxylic acids is 3. The second-order valence-electron chi connectivity index (χ2n) is 9.70. The number of nitrogens with one attached hydrogen (secondary N) is 1. The Bertz CT molecular complexity index is 1080. The molecule has 2 fully saturated rings. The van der Waals surface area contributed by atoms with E-state index in [0.717, 1.165) is 25.1 Å². The van der Waals surface area contributed by atoms with E-state index in [1.54, 1.807) is 4.90 Å². The van der Waals surface area contributed by atoms with Crippen LogP contribution in [0.25, 0.3) is 0 Å². The molecule has 3 amide bonds. The van der Waals surface area contributed by atoms with Crippen molar-refractivity contribution in [2.45, 2.75) is 57.2 Å². The summed E-state index contributed by atoms with van der Waals surface area (Å²) in [4.78, 5) is 40.8. The summed E-state index contributed by atoms with van der Waals surface area (Å²) in [6.07, 6.45) is 1.71. The number of imide groups is 1. The van der Waals surface area contributed by atoms with Crippen LogP contribution in [0, 0.1) is 0 Å². The van der Waals surface area contributed by atoms with Crippen LogP contribution in [0.1, 0.15) is 59.7 Å². The van der Waals surface area contributed by atoms with E-state index in [1.165, 1.54) is 11.1 Å². The monoisotopic (exact) mass is 431 g/mol. The van der Waals surface area contributed by atoms with E-state index in [9.17, 15) is 14.4 Å². The third-order valence-electron chi connectivity index (χ3n) is 7.53. The lowest BCUT2D eigenvalue weighted by Gasteiger charge is -2.56. The minimum Gasteiger partial charge on any atom is -0.322 e. The molecule has 166 valence electrons. The average molecular weight is 432 g/mol. The van der Waals surface area contributed by atoms with Crippen molar-refractivity contribution in [2.24, 2.45) is 0 Å². The van der Waals surface area contributed by atoms with Gasteiger partial charge in [-0.15, -0.1) is 0 Å². The summed E-state index contributed by atoms with van der Waals surface area (Å²) in [6, 6.07) is 16.2. The summed E-state index contributed by atoms with van der Waals surface area (Å²) >= 11 is 0. The number of nitrogens with zero attached hydrogens (tertiary/aromatic N) is 2. The highest BCUT2D eigenvalue weighted by molar-refractivity contribution is 6.05. The van der Waals surface area contributed by atoms with Crippen molar-refractivity contribution in [1.82, 2.24) is 15.1 Å². The molecule has 3 aliphatic heterocycles. The molecule has 1 N–H and O–H groups in total. The molecule has 2 saturated heterocycles. The molecule has 0 saturated carbocycles. The van der Waals surface area contributed by atoms with E-state index < -0.39 is 6.04 Å². The molecular weight excluding hydrogens is 402 g/mol. The minimum absolute atomic E-state index is 0.0505. The fraction of sp³-hybridized carbons (Fsp3) is 0.423. The highest BCUT2D eigenvalue weighted by Gasteiger charge is 2.47. The number of carbonyl (C=O) groups is 3. The molecule has 0 bridgehead atoms. The molecule has 0 radical (unpaired) electrons. The summed E-state index contributed by atoms with van der Waals surface area (Å²) in [6.45, 7) is 7.04. The Morgan fingerprint density at radius 1 is 1.06 bits per heavy atom. The van der Waals surface area contributed by atoms with E-state index in [2.05, 4.69) is 60.5 Å². The second kappa shape index (κ2) is 7.85. The third kappa shape index (κ3) is 3.52. The van der Waals surface area contributed by atoms with Crippen LogP contribution in [-0.4, -0.2) is 52.2 Å². The van der Waals surface area contributed by atoms with E-state index in [0.29, 0.717) is 24.4 Å². The molecule has 5 rings (SSSR count). The van der Waals surface area contributed by atoms with Gasteiger partial charge in [-0.05, 0) is 49.4 Å². The van der Waals surface area contributed by atoms with Crippen LogP contribution in [0.5, 0.6) is 0 Å². The number of amides is 3. The molecule has 0 aliphatic carbocycles. The fourth-order valence-electron chi connectivity index (χ4n) is 5.40. The molecular formula is C26H29N3O3. The zero-order valence-corrected chi connectivity index (χ0v) is 18.6. The molecule has 2 unspecified atom stereocenters. The molecule has 0 spiro atoms. The van der Waals surface area contributed by atoms with Crippen molar-refractivity contribution < 1.29 is 14.4 Å². The number of likely N-dealkylation sites (tertiary alicyclic amines) is 1. The maximum absolute atomic E-state index is 12.9. The van der Waals surface area contributed by atoms with E-state index in [1.807, 2.05) is 12.1 Å². The SMILES string of the molecule is CC1(C)C(c2ccc3c(c2)CN(C2CCC(=O)NC2=O)C3=O)CN1CCc1ccccc1.